The van der Waals surface area contributed by atoms with E-state index in [1.165, 1.54) is 32.4 Å². The third-order valence-corrected chi connectivity index (χ3v) is 4.03. The van der Waals surface area contributed by atoms with E-state index in [2.05, 4.69) is 46.7 Å². The molecule has 3 rings (SSSR count). The summed E-state index contributed by atoms with van der Waals surface area (Å²) < 4.78 is 2.25. The van der Waals surface area contributed by atoms with Crippen LogP contribution >= 0.6 is 0 Å². The fraction of sp³-hybridized carbons (Fsp3) is 0.786. The maximum atomic E-state index is 4.61. The zero-order valence-electron chi connectivity index (χ0n) is 11.7. The van der Waals surface area contributed by atoms with E-state index in [9.17, 15) is 0 Å². The molecule has 2 aliphatic rings. The summed E-state index contributed by atoms with van der Waals surface area (Å²) in [4.78, 5) is 7.25. The van der Waals surface area contributed by atoms with Crippen LogP contribution in [0.1, 0.15) is 44.8 Å². The molecule has 0 amide bonds. The third kappa shape index (κ3) is 2.39. The molecule has 1 saturated heterocycles. The van der Waals surface area contributed by atoms with E-state index >= 15 is 0 Å². The fourth-order valence-electron chi connectivity index (χ4n) is 2.88. The highest BCUT2D eigenvalue weighted by Crippen LogP contribution is 2.30. The summed E-state index contributed by atoms with van der Waals surface area (Å²) in [5.41, 5.74) is 1.10. The van der Waals surface area contributed by atoms with Gasteiger partial charge in [-0.25, -0.2) is 4.98 Å². The monoisotopic (exact) mass is 248 g/mol. The predicted molar refractivity (Wildman–Crippen MR) is 74.0 cm³/mol. The summed E-state index contributed by atoms with van der Waals surface area (Å²) in [5, 5.41) is 3.63. The van der Waals surface area contributed by atoms with Crippen LogP contribution in [0.25, 0.3) is 0 Å². The van der Waals surface area contributed by atoms with Crippen molar-refractivity contribution in [1.29, 1.82) is 0 Å². The lowest BCUT2D eigenvalue weighted by molar-refractivity contribution is 0.326. The van der Waals surface area contributed by atoms with Gasteiger partial charge in [0.2, 0.25) is 5.95 Å². The van der Waals surface area contributed by atoms with Crippen LogP contribution in [-0.2, 0) is 0 Å². The molecule has 0 bridgehead atoms. The molecule has 1 unspecified atom stereocenters. The standard InChI is InChI=1S/C14H24N4/c1-10(2)18-8-11(3)15-14(18)16-12-6-7-17(9-12)13-4-5-13/h8,10,12-13H,4-7,9H2,1-3H3,(H,15,16). The van der Waals surface area contributed by atoms with Crippen molar-refractivity contribution in [2.24, 2.45) is 0 Å². The molecule has 1 aliphatic heterocycles. The number of likely N-dealkylation sites (tertiary alicyclic amines) is 1. The maximum Gasteiger partial charge on any atom is 0.203 e. The highest BCUT2D eigenvalue weighted by molar-refractivity contribution is 5.31. The van der Waals surface area contributed by atoms with Crippen molar-refractivity contribution < 1.29 is 0 Å². The van der Waals surface area contributed by atoms with Crippen molar-refractivity contribution in [2.45, 2.75) is 58.2 Å². The first-order chi connectivity index (χ1) is 8.63. The van der Waals surface area contributed by atoms with Crippen molar-refractivity contribution in [2.75, 3.05) is 18.4 Å². The molecule has 1 aromatic rings. The molecule has 1 aromatic heterocycles. The molecular weight excluding hydrogens is 224 g/mol. The minimum absolute atomic E-state index is 0.467. The highest BCUT2D eigenvalue weighted by Gasteiger charge is 2.34. The number of imidazole rings is 1. The molecule has 1 atom stereocenters. The molecule has 0 spiro atoms. The van der Waals surface area contributed by atoms with Gasteiger partial charge < -0.3 is 9.88 Å². The fourth-order valence-corrected chi connectivity index (χ4v) is 2.88. The summed E-state index contributed by atoms with van der Waals surface area (Å²) >= 11 is 0. The van der Waals surface area contributed by atoms with Crippen molar-refractivity contribution in [3.63, 3.8) is 0 Å². The first-order valence-corrected chi connectivity index (χ1v) is 7.19. The van der Waals surface area contributed by atoms with E-state index in [1.54, 1.807) is 0 Å². The second-order valence-corrected chi connectivity index (χ2v) is 6.06. The molecule has 0 radical (unpaired) electrons. The van der Waals surface area contributed by atoms with Crippen molar-refractivity contribution in [1.82, 2.24) is 14.5 Å². The van der Waals surface area contributed by atoms with Gasteiger partial charge in [-0.05, 0) is 40.0 Å². The van der Waals surface area contributed by atoms with Gasteiger partial charge in [0.25, 0.3) is 0 Å². The van der Waals surface area contributed by atoms with Crippen LogP contribution in [0.5, 0.6) is 0 Å². The average Bonchev–Trinajstić information content (AvgIpc) is 2.95. The normalized spacial score (nSPS) is 25.0. The van der Waals surface area contributed by atoms with E-state index < -0.39 is 0 Å². The van der Waals surface area contributed by atoms with Crippen LogP contribution < -0.4 is 5.32 Å². The minimum atomic E-state index is 0.467. The van der Waals surface area contributed by atoms with Crippen LogP contribution in [0.15, 0.2) is 6.20 Å². The van der Waals surface area contributed by atoms with Crippen LogP contribution in [0.4, 0.5) is 5.95 Å². The topological polar surface area (TPSA) is 33.1 Å². The van der Waals surface area contributed by atoms with Crippen LogP contribution in [0.3, 0.4) is 0 Å². The molecule has 2 heterocycles. The summed E-state index contributed by atoms with van der Waals surface area (Å²) in [6.45, 7) is 8.92. The zero-order valence-corrected chi connectivity index (χ0v) is 11.7. The number of rotatable bonds is 4. The Kier molecular flexibility index (Phi) is 3.06. The molecule has 4 heteroatoms. The SMILES string of the molecule is Cc1cn(C(C)C)c(NC2CCN(C3CC3)C2)n1. The Morgan fingerprint density at radius 1 is 1.33 bits per heavy atom. The first-order valence-electron chi connectivity index (χ1n) is 7.19. The molecule has 18 heavy (non-hydrogen) atoms. The summed E-state index contributed by atoms with van der Waals surface area (Å²) in [6, 6.07) is 1.93. The van der Waals surface area contributed by atoms with E-state index in [-0.39, 0.29) is 0 Å². The Bertz CT molecular complexity index is 419. The number of nitrogens with zero attached hydrogens (tertiary/aromatic N) is 3. The lowest BCUT2D eigenvalue weighted by atomic mass is 10.3. The van der Waals surface area contributed by atoms with Crippen LogP contribution in [0.2, 0.25) is 0 Å². The predicted octanol–water partition coefficient (Wildman–Crippen LogP) is 2.42. The molecule has 1 N–H and O–H groups in total. The van der Waals surface area contributed by atoms with Crippen molar-refractivity contribution in [3.05, 3.63) is 11.9 Å². The quantitative estimate of drug-likeness (QED) is 0.888. The number of hydrogen-bond donors (Lipinski definition) is 1. The Hall–Kier alpha value is -1.03. The molecule has 2 fully saturated rings. The summed E-state index contributed by atoms with van der Waals surface area (Å²) in [6.07, 6.45) is 6.21. The summed E-state index contributed by atoms with van der Waals surface area (Å²) in [7, 11) is 0. The Labute approximate surface area is 109 Å². The zero-order chi connectivity index (χ0) is 12.7. The van der Waals surface area contributed by atoms with E-state index in [0.717, 1.165) is 17.7 Å². The Morgan fingerprint density at radius 3 is 2.78 bits per heavy atom. The Balaban J connectivity index is 1.65. The Morgan fingerprint density at radius 2 is 2.11 bits per heavy atom. The molecular formula is C14H24N4. The number of aryl methyl sites for hydroxylation is 1. The van der Waals surface area contributed by atoms with Crippen molar-refractivity contribution >= 4 is 5.95 Å². The number of anilines is 1. The number of hydrogen-bond acceptors (Lipinski definition) is 3. The number of aromatic nitrogens is 2. The first kappa shape index (κ1) is 12.0. The lowest BCUT2D eigenvalue weighted by Gasteiger charge is -2.18. The second-order valence-electron chi connectivity index (χ2n) is 6.06. The van der Waals surface area contributed by atoms with Gasteiger partial charge in [0.05, 0.1) is 5.69 Å². The van der Waals surface area contributed by atoms with Gasteiger partial charge in [-0.2, -0.15) is 0 Å². The van der Waals surface area contributed by atoms with E-state index in [1.807, 2.05) is 0 Å². The van der Waals surface area contributed by atoms with Gasteiger partial charge in [0.15, 0.2) is 0 Å². The smallest absolute Gasteiger partial charge is 0.203 e. The molecule has 4 nitrogen and oxygen atoms in total. The largest absolute Gasteiger partial charge is 0.352 e. The molecule has 1 saturated carbocycles. The van der Waals surface area contributed by atoms with Crippen LogP contribution in [-0.4, -0.2) is 39.6 Å². The van der Waals surface area contributed by atoms with Gasteiger partial charge in [0, 0.05) is 37.4 Å². The van der Waals surface area contributed by atoms with Gasteiger partial charge in [-0.15, -0.1) is 0 Å². The molecule has 1 aliphatic carbocycles. The van der Waals surface area contributed by atoms with Gasteiger partial charge >= 0.3 is 0 Å². The average molecular weight is 248 g/mol. The van der Waals surface area contributed by atoms with E-state index in [0.29, 0.717) is 12.1 Å². The molecule has 100 valence electrons. The number of nitrogens with one attached hydrogen (secondary N) is 1. The lowest BCUT2D eigenvalue weighted by Crippen LogP contribution is -2.28. The van der Waals surface area contributed by atoms with E-state index in [4.69, 9.17) is 0 Å². The molecule has 0 aromatic carbocycles. The maximum absolute atomic E-state index is 4.61. The highest BCUT2D eigenvalue weighted by atomic mass is 15.3. The minimum Gasteiger partial charge on any atom is -0.352 e. The van der Waals surface area contributed by atoms with Crippen molar-refractivity contribution in [3.8, 4) is 0 Å². The third-order valence-electron chi connectivity index (χ3n) is 4.03. The van der Waals surface area contributed by atoms with Crippen LogP contribution in [0, 0.1) is 6.92 Å². The summed E-state index contributed by atoms with van der Waals surface area (Å²) in [5.74, 6) is 1.05. The second kappa shape index (κ2) is 4.57. The van der Waals surface area contributed by atoms with Gasteiger partial charge in [-0.3, -0.25) is 4.90 Å². The van der Waals surface area contributed by atoms with Gasteiger partial charge in [-0.1, -0.05) is 0 Å². The van der Waals surface area contributed by atoms with Gasteiger partial charge in [0.1, 0.15) is 0 Å².